The maximum Gasteiger partial charge on any atom is 0.409 e. The zero-order valence-corrected chi connectivity index (χ0v) is 28.1. The number of carboxylic acid groups (broad SMARTS) is 1. The molecule has 6 heterocycles. The van der Waals surface area contributed by atoms with E-state index in [2.05, 4.69) is 15.3 Å². The highest BCUT2D eigenvalue weighted by atomic mass is 35.5. The van der Waals surface area contributed by atoms with Gasteiger partial charge in [-0.15, -0.1) is 11.3 Å². The molecule has 51 heavy (non-hydrogen) atoms. The molecule has 4 aliphatic rings. The summed E-state index contributed by atoms with van der Waals surface area (Å²) in [4.78, 5) is 23.8. The number of nitrogens with zero attached hydrogens (tertiary/aromatic N) is 5. The Kier molecular flexibility index (Phi) is 8.48. The lowest BCUT2D eigenvalue weighted by Crippen LogP contribution is -2.52. The van der Waals surface area contributed by atoms with Crippen LogP contribution in [-0.4, -0.2) is 96.3 Å². The van der Waals surface area contributed by atoms with Crippen molar-refractivity contribution in [1.29, 1.82) is 5.26 Å². The molecular weight excluding hydrogens is 723 g/mol. The van der Waals surface area contributed by atoms with Crippen molar-refractivity contribution in [3.8, 4) is 29.0 Å². The van der Waals surface area contributed by atoms with Gasteiger partial charge < -0.3 is 24.2 Å². The third-order valence-corrected chi connectivity index (χ3v) is 11.7. The van der Waals surface area contributed by atoms with Gasteiger partial charge in [0.2, 0.25) is 0 Å². The van der Waals surface area contributed by atoms with Gasteiger partial charge in [-0.2, -0.15) is 15.2 Å². The molecule has 4 aliphatic heterocycles. The Morgan fingerprint density at radius 1 is 1.25 bits per heavy atom. The van der Waals surface area contributed by atoms with E-state index in [9.17, 15) is 28.3 Å². The van der Waals surface area contributed by atoms with Gasteiger partial charge in [0.05, 0.1) is 52.0 Å². The fourth-order valence-electron chi connectivity index (χ4n) is 7.85. The van der Waals surface area contributed by atoms with E-state index < -0.39 is 54.0 Å². The number of anilines is 2. The third-order valence-electron chi connectivity index (χ3n) is 10.2. The number of carbonyl (C=O) groups is 1. The van der Waals surface area contributed by atoms with E-state index >= 15 is 8.78 Å². The standard InChI is InChI=1S/C33H28ClF5N6O5S/c34-24-22(16-2-3-18(36)28-21(16)17(7-40)30(51-28)43-32(46)47)25(39)26-23-27(24)49-12-19(14-10-48-11-14)45(9-20(37)38)29(23)42-31(41-26)50-13-33-4-1-5-44(33)8-15(35)6-33/h2-3,14-15,19-20,43H,1,4-6,8-13H2,(H,46,47)/t15-,19?,33+/m1/s1. The van der Waals surface area contributed by atoms with Gasteiger partial charge in [-0.1, -0.05) is 17.7 Å². The third kappa shape index (κ3) is 5.54. The number of fused-ring (bicyclic) bond motifs is 2. The molecule has 1 amide bonds. The number of rotatable bonds is 8. The Bertz CT molecular complexity index is 2130. The van der Waals surface area contributed by atoms with Crippen LogP contribution >= 0.6 is 22.9 Å². The van der Waals surface area contributed by atoms with Crippen molar-refractivity contribution in [1.82, 2.24) is 14.9 Å². The van der Waals surface area contributed by atoms with Gasteiger partial charge in [-0.05, 0) is 31.0 Å². The number of benzene rings is 2. The Labute approximate surface area is 295 Å². The lowest BCUT2D eigenvalue weighted by Gasteiger charge is -2.40. The molecule has 0 aliphatic carbocycles. The first-order chi connectivity index (χ1) is 24.5. The molecule has 8 rings (SSSR count). The molecule has 1 unspecified atom stereocenters. The normalized spacial score (nSPS) is 23.3. The van der Waals surface area contributed by atoms with E-state index in [0.29, 0.717) is 24.3 Å². The first-order valence-electron chi connectivity index (χ1n) is 16.1. The second-order valence-electron chi connectivity index (χ2n) is 13.1. The van der Waals surface area contributed by atoms with E-state index in [1.54, 1.807) is 0 Å². The minimum absolute atomic E-state index is 0.0309. The second-order valence-corrected chi connectivity index (χ2v) is 14.5. The zero-order chi connectivity index (χ0) is 35.8. The van der Waals surface area contributed by atoms with Crippen molar-refractivity contribution >= 4 is 60.8 Å². The van der Waals surface area contributed by atoms with Crippen LogP contribution in [0.25, 0.3) is 32.1 Å². The SMILES string of the molecule is N#Cc1c(NC(=O)O)sc2c(F)ccc(-c3c(Cl)c4c5c(nc(OC[C@@]67CCCN6C[C@H](F)C7)nc5c3F)N(CC(F)F)C(C3COC3)CO4)c12. The Morgan fingerprint density at radius 3 is 2.76 bits per heavy atom. The summed E-state index contributed by atoms with van der Waals surface area (Å²) in [7, 11) is 0. The van der Waals surface area contributed by atoms with Gasteiger partial charge >= 0.3 is 12.1 Å². The monoisotopic (exact) mass is 750 g/mol. The van der Waals surface area contributed by atoms with Crippen molar-refractivity contribution in [2.45, 2.75) is 43.4 Å². The fourth-order valence-corrected chi connectivity index (χ4v) is 9.26. The van der Waals surface area contributed by atoms with Crippen LogP contribution in [-0.2, 0) is 4.74 Å². The summed E-state index contributed by atoms with van der Waals surface area (Å²) < 4.78 is 93.1. The maximum absolute atomic E-state index is 17.2. The molecule has 3 atom stereocenters. The van der Waals surface area contributed by atoms with Gasteiger partial charge in [0.25, 0.3) is 6.43 Å². The Balaban J connectivity index is 1.36. The number of ether oxygens (including phenoxy) is 3. The Morgan fingerprint density at radius 2 is 2.06 bits per heavy atom. The second kappa shape index (κ2) is 12.8. The zero-order valence-electron chi connectivity index (χ0n) is 26.5. The topological polar surface area (TPSA) is 133 Å². The summed E-state index contributed by atoms with van der Waals surface area (Å²) in [5.41, 5.74) is -1.72. The molecule has 2 aromatic heterocycles. The van der Waals surface area contributed by atoms with E-state index in [1.165, 1.54) is 11.0 Å². The number of halogens is 6. The first kappa shape index (κ1) is 33.9. The molecule has 11 nitrogen and oxygen atoms in total. The highest BCUT2D eigenvalue weighted by molar-refractivity contribution is 7.23. The van der Waals surface area contributed by atoms with Crippen molar-refractivity contribution in [3.63, 3.8) is 0 Å². The molecule has 3 saturated heterocycles. The van der Waals surface area contributed by atoms with Gasteiger partial charge in [0, 0.05) is 29.8 Å². The van der Waals surface area contributed by atoms with Crippen LogP contribution in [0.5, 0.6) is 11.8 Å². The minimum atomic E-state index is -2.83. The molecule has 0 spiro atoms. The van der Waals surface area contributed by atoms with Gasteiger partial charge in [0.1, 0.15) is 47.6 Å². The summed E-state index contributed by atoms with van der Waals surface area (Å²) in [5, 5.41) is 20.8. The lowest BCUT2D eigenvalue weighted by molar-refractivity contribution is -0.0516. The highest BCUT2D eigenvalue weighted by Crippen LogP contribution is 2.52. The first-order valence-corrected chi connectivity index (χ1v) is 17.3. The molecule has 0 saturated carbocycles. The number of nitrogens with one attached hydrogen (secondary N) is 1. The summed E-state index contributed by atoms with van der Waals surface area (Å²) >= 11 is 7.60. The number of nitriles is 1. The number of amides is 1. The molecule has 3 fully saturated rings. The van der Waals surface area contributed by atoms with Crippen molar-refractivity contribution in [3.05, 3.63) is 34.4 Å². The summed E-state index contributed by atoms with van der Waals surface area (Å²) in [6.07, 6.45) is -3.68. The van der Waals surface area contributed by atoms with Crippen molar-refractivity contribution in [2.24, 2.45) is 5.92 Å². The summed E-state index contributed by atoms with van der Waals surface area (Å²) in [6, 6.07) is 3.07. The highest BCUT2D eigenvalue weighted by Gasteiger charge is 2.49. The quantitative estimate of drug-likeness (QED) is 0.185. The smallest absolute Gasteiger partial charge is 0.409 e. The maximum atomic E-state index is 17.2. The van der Waals surface area contributed by atoms with Crippen LogP contribution in [0.1, 0.15) is 24.8 Å². The molecule has 0 bridgehead atoms. The average Bonchev–Trinajstić information content (AvgIpc) is 3.68. The molecule has 2 aromatic carbocycles. The predicted molar refractivity (Wildman–Crippen MR) is 177 cm³/mol. The van der Waals surface area contributed by atoms with E-state index in [0.717, 1.165) is 12.5 Å². The summed E-state index contributed by atoms with van der Waals surface area (Å²) in [6.45, 7) is 0.450. The van der Waals surface area contributed by atoms with Gasteiger partial charge in [-0.25, -0.2) is 26.7 Å². The lowest BCUT2D eigenvalue weighted by atomic mass is 9.95. The minimum Gasteiger partial charge on any atom is -0.489 e. The number of hydrogen-bond donors (Lipinski definition) is 2. The largest absolute Gasteiger partial charge is 0.489 e. The van der Waals surface area contributed by atoms with Crippen LogP contribution in [0.3, 0.4) is 0 Å². The van der Waals surface area contributed by atoms with Crippen LogP contribution in [0.2, 0.25) is 5.02 Å². The van der Waals surface area contributed by atoms with E-state index in [1.807, 2.05) is 11.0 Å². The molecule has 18 heteroatoms. The average molecular weight is 751 g/mol. The summed E-state index contributed by atoms with van der Waals surface area (Å²) in [5.74, 6) is -2.34. The molecule has 4 aromatic rings. The van der Waals surface area contributed by atoms with Crippen LogP contribution in [0.15, 0.2) is 12.1 Å². The Hall–Kier alpha value is -4.24. The van der Waals surface area contributed by atoms with Crippen molar-refractivity contribution < 1.29 is 46.1 Å². The molecular formula is C33H28ClF5N6O5S. The number of hydrogen-bond acceptors (Lipinski definition) is 10. The molecule has 0 radical (unpaired) electrons. The van der Waals surface area contributed by atoms with Crippen LogP contribution in [0, 0.1) is 28.9 Å². The van der Waals surface area contributed by atoms with E-state index in [-0.39, 0.29) is 105 Å². The van der Waals surface area contributed by atoms with Crippen LogP contribution < -0.4 is 19.7 Å². The fraction of sp³-hybridized carbons (Fsp3) is 0.455. The molecule has 2 N–H and O–H groups in total. The predicted octanol–water partition coefficient (Wildman–Crippen LogP) is 6.84. The molecule has 268 valence electrons. The van der Waals surface area contributed by atoms with Crippen LogP contribution in [0.4, 0.5) is 37.6 Å². The van der Waals surface area contributed by atoms with Gasteiger partial charge in [0.15, 0.2) is 11.6 Å². The van der Waals surface area contributed by atoms with E-state index in [4.69, 9.17) is 25.8 Å². The van der Waals surface area contributed by atoms with Crippen molar-refractivity contribution in [2.75, 3.05) is 56.3 Å². The number of aromatic nitrogens is 2. The number of thiophene rings is 1. The van der Waals surface area contributed by atoms with Gasteiger partial charge in [-0.3, -0.25) is 10.2 Å². The number of alkyl halides is 3.